The molecular weight excluding hydrogens is 260 g/mol. The van der Waals surface area contributed by atoms with Gasteiger partial charge in [-0.1, -0.05) is 31.2 Å². The smallest absolute Gasteiger partial charge is 0.0788 e. The van der Waals surface area contributed by atoms with Crippen LogP contribution in [-0.2, 0) is 7.05 Å². The Morgan fingerprint density at radius 1 is 1.24 bits per heavy atom. The summed E-state index contributed by atoms with van der Waals surface area (Å²) in [5.74, 6) is 0. The highest BCUT2D eigenvalue weighted by Gasteiger charge is 2.18. The molecule has 0 aliphatic rings. The van der Waals surface area contributed by atoms with Crippen LogP contribution in [0, 0.1) is 0 Å². The second-order valence-corrected chi connectivity index (χ2v) is 5.25. The zero-order valence-electron chi connectivity index (χ0n) is 12.5. The standard InChI is InChI=1S/C17H20N4/c1-3-9-18-16(14-11-20-21(2)12-14)17-15-7-5-4-6-13(15)8-10-19-17/h4-8,10-12,16,18H,3,9H2,1-2H3. The van der Waals surface area contributed by atoms with E-state index in [1.165, 1.54) is 10.8 Å². The van der Waals surface area contributed by atoms with Crippen molar-refractivity contribution in [3.05, 3.63) is 60.2 Å². The summed E-state index contributed by atoms with van der Waals surface area (Å²) >= 11 is 0. The van der Waals surface area contributed by atoms with Crippen LogP contribution < -0.4 is 5.32 Å². The molecule has 0 saturated carbocycles. The van der Waals surface area contributed by atoms with Crippen molar-refractivity contribution in [3.63, 3.8) is 0 Å². The molecule has 1 unspecified atom stereocenters. The second-order valence-electron chi connectivity index (χ2n) is 5.25. The summed E-state index contributed by atoms with van der Waals surface area (Å²) in [6.45, 7) is 3.12. The van der Waals surface area contributed by atoms with E-state index in [9.17, 15) is 0 Å². The first kappa shape index (κ1) is 13.8. The van der Waals surface area contributed by atoms with Gasteiger partial charge in [-0.3, -0.25) is 9.67 Å². The summed E-state index contributed by atoms with van der Waals surface area (Å²) in [4.78, 5) is 4.65. The van der Waals surface area contributed by atoms with E-state index in [2.05, 4.69) is 58.9 Å². The van der Waals surface area contributed by atoms with Crippen LogP contribution in [0.2, 0.25) is 0 Å². The average Bonchev–Trinajstić information content (AvgIpc) is 2.94. The molecule has 3 aromatic rings. The summed E-state index contributed by atoms with van der Waals surface area (Å²) < 4.78 is 1.83. The van der Waals surface area contributed by atoms with Gasteiger partial charge in [0.05, 0.1) is 17.9 Å². The molecule has 21 heavy (non-hydrogen) atoms. The van der Waals surface area contributed by atoms with Crippen LogP contribution in [0.3, 0.4) is 0 Å². The Balaban J connectivity index is 2.09. The van der Waals surface area contributed by atoms with Crippen LogP contribution in [-0.4, -0.2) is 21.3 Å². The van der Waals surface area contributed by atoms with E-state index in [-0.39, 0.29) is 6.04 Å². The van der Waals surface area contributed by atoms with Crippen LogP contribution in [0.4, 0.5) is 0 Å². The lowest BCUT2D eigenvalue weighted by atomic mass is 10.0. The molecular formula is C17H20N4. The third kappa shape index (κ3) is 2.81. The van der Waals surface area contributed by atoms with E-state index >= 15 is 0 Å². The highest BCUT2D eigenvalue weighted by molar-refractivity contribution is 5.85. The maximum absolute atomic E-state index is 4.65. The third-order valence-electron chi connectivity index (χ3n) is 3.63. The van der Waals surface area contributed by atoms with E-state index in [4.69, 9.17) is 0 Å². The number of rotatable bonds is 5. The predicted octanol–water partition coefficient (Wildman–Crippen LogP) is 3.06. The van der Waals surface area contributed by atoms with E-state index in [0.717, 1.165) is 24.2 Å². The summed E-state index contributed by atoms with van der Waals surface area (Å²) in [5.41, 5.74) is 2.21. The van der Waals surface area contributed by atoms with Crippen molar-refractivity contribution in [3.8, 4) is 0 Å². The fraction of sp³-hybridized carbons (Fsp3) is 0.294. The minimum absolute atomic E-state index is 0.0738. The van der Waals surface area contributed by atoms with Crippen molar-refractivity contribution < 1.29 is 0 Å². The molecule has 1 atom stereocenters. The topological polar surface area (TPSA) is 42.7 Å². The van der Waals surface area contributed by atoms with Gasteiger partial charge in [0, 0.05) is 30.4 Å². The number of fused-ring (bicyclic) bond motifs is 1. The van der Waals surface area contributed by atoms with Gasteiger partial charge in [-0.2, -0.15) is 5.10 Å². The first-order valence-electron chi connectivity index (χ1n) is 7.35. The number of aryl methyl sites for hydroxylation is 1. The second kappa shape index (κ2) is 6.06. The lowest BCUT2D eigenvalue weighted by molar-refractivity contribution is 0.590. The molecule has 0 bridgehead atoms. The van der Waals surface area contributed by atoms with Crippen LogP contribution >= 0.6 is 0 Å². The molecule has 0 spiro atoms. The summed E-state index contributed by atoms with van der Waals surface area (Å²) in [6, 6.07) is 10.5. The largest absolute Gasteiger partial charge is 0.305 e. The fourth-order valence-corrected chi connectivity index (χ4v) is 2.62. The van der Waals surface area contributed by atoms with Gasteiger partial charge in [-0.05, 0) is 24.4 Å². The molecule has 1 aromatic carbocycles. The lowest BCUT2D eigenvalue weighted by Gasteiger charge is -2.18. The van der Waals surface area contributed by atoms with Gasteiger partial charge in [-0.25, -0.2) is 0 Å². The van der Waals surface area contributed by atoms with Gasteiger partial charge >= 0.3 is 0 Å². The van der Waals surface area contributed by atoms with Gasteiger partial charge in [0.15, 0.2) is 0 Å². The zero-order chi connectivity index (χ0) is 14.7. The van der Waals surface area contributed by atoms with Crippen LogP contribution in [0.5, 0.6) is 0 Å². The maximum atomic E-state index is 4.65. The van der Waals surface area contributed by atoms with Crippen molar-refractivity contribution in [2.24, 2.45) is 7.05 Å². The van der Waals surface area contributed by atoms with Crippen LogP contribution in [0.15, 0.2) is 48.9 Å². The molecule has 2 heterocycles. The number of hydrogen-bond donors (Lipinski definition) is 1. The maximum Gasteiger partial charge on any atom is 0.0788 e. The Hall–Kier alpha value is -2.20. The molecule has 0 saturated heterocycles. The highest BCUT2D eigenvalue weighted by Crippen LogP contribution is 2.26. The molecule has 2 aromatic heterocycles. The number of benzene rings is 1. The van der Waals surface area contributed by atoms with Crippen molar-refractivity contribution in [1.82, 2.24) is 20.1 Å². The Kier molecular flexibility index (Phi) is 3.97. The van der Waals surface area contributed by atoms with Gasteiger partial charge < -0.3 is 5.32 Å². The average molecular weight is 280 g/mol. The van der Waals surface area contributed by atoms with Gasteiger partial charge in [0.2, 0.25) is 0 Å². The first-order chi connectivity index (χ1) is 10.3. The molecule has 4 nitrogen and oxygen atoms in total. The third-order valence-corrected chi connectivity index (χ3v) is 3.63. The molecule has 4 heteroatoms. The minimum atomic E-state index is 0.0738. The van der Waals surface area contributed by atoms with Gasteiger partial charge in [-0.15, -0.1) is 0 Å². The molecule has 0 radical (unpaired) electrons. The van der Waals surface area contributed by atoms with Crippen LogP contribution in [0.25, 0.3) is 10.8 Å². The molecule has 0 aliphatic carbocycles. The Morgan fingerprint density at radius 3 is 2.86 bits per heavy atom. The number of pyridine rings is 1. The van der Waals surface area contributed by atoms with E-state index in [1.54, 1.807) is 0 Å². The van der Waals surface area contributed by atoms with Crippen molar-refractivity contribution in [1.29, 1.82) is 0 Å². The highest BCUT2D eigenvalue weighted by atomic mass is 15.2. The van der Waals surface area contributed by atoms with E-state index in [1.807, 2.05) is 24.1 Å². The normalized spacial score (nSPS) is 12.7. The van der Waals surface area contributed by atoms with Crippen molar-refractivity contribution >= 4 is 10.8 Å². The summed E-state index contributed by atoms with van der Waals surface area (Å²) in [5, 5.41) is 10.3. The minimum Gasteiger partial charge on any atom is -0.305 e. The number of aromatic nitrogens is 3. The Bertz CT molecular complexity index is 727. The Labute approximate surface area is 124 Å². The molecule has 0 aliphatic heterocycles. The number of nitrogens with zero attached hydrogens (tertiary/aromatic N) is 3. The van der Waals surface area contributed by atoms with Gasteiger partial charge in [0.25, 0.3) is 0 Å². The molecule has 1 N–H and O–H groups in total. The lowest BCUT2D eigenvalue weighted by Crippen LogP contribution is -2.24. The zero-order valence-corrected chi connectivity index (χ0v) is 12.5. The van der Waals surface area contributed by atoms with Crippen LogP contribution in [0.1, 0.15) is 30.6 Å². The summed E-state index contributed by atoms with van der Waals surface area (Å²) in [7, 11) is 1.94. The Morgan fingerprint density at radius 2 is 2.10 bits per heavy atom. The van der Waals surface area contributed by atoms with Gasteiger partial charge in [0.1, 0.15) is 0 Å². The molecule has 108 valence electrons. The SMILES string of the molecule is CCCNC(c1cnn(C)c1)c1nccc2ccccc12. The quantitative estimate of drug-likeness (QED) is 0.781. The van der Waals surface area contributed by atoms with Crippen molar-refractivity contribution in [2.75, 3.05) is 6.54 Å². The van der Waals surface area contributed by atoms with E-state index in [0.29, 0.717) is 0 Å². The first-order valence-corrected chi connectivity index (χ1v) is 7.35. The van der Waals surface area contributed by atoms with Crippen molar-refractivity contribution in [2.45, 2.75) is 19.4 Å². The molecule has 3 rings (SSSR count). The predicted molar refractivity (Wildman–Crippen MR) is 85.1 cm³/mol. The fourth-order valence-electron chi connectivity index (χ4n) is 2.62. The summed E-state index contributed by atoms with van der Waals surface area (Å²) in [6.07, 6.45) is 6.93. The van der Waals surface area contributed by atoms with E-state index < -0.39 is 0 Å². The monoisotopic (exact) mass is 280 g/mol. The number of hydrogen-bond acceptors (Lipinski definition) is 3. The molecule has 0 fully saturated rings. The number of nitrogens with one attached hydrogen (secondary N) is 1. The molecule has 0 amide bonds.